The quantitative estimate of drug-likeness (QED) is 0.577. The molecule has 160 valence electrons. The van der Waals surface area contributed by atoms with Crippen molar-refractivity contribution in [3.63, 3.8) is 0 Å². The van der Waals surface area contributed by atoms with E-state index >= 15 is 0 Å². The monoisotopic (exact) mass is 427 g/mol. The van der Waals surface area contributed by atoms with Crippen molar-refractivity contribution in [1.29, 1.82) is 0 Å². The number of hydrogen-bond donors (Lipinski definition) is 2. The molecule has 0 saturated carbocycles. The summed E-state index contributed by atoms with van der Waals surface area (Å²) in [6.07, 6.45) is -4.90. The minimum Gasteiger partial charge on any atom is -0.480 e. The van der Waals surface area contributed by atoms with Crippen molar-refractivity contribution in [3.05, 3.63) is 107 Å². The van der Waals surface area contributed by atoms with Crippen molar-refractivity contribution in [1.82, 2.24) is 5.32 Å². The predicted octanol–water partition coefficient (Wildman–Crippen LogP) is 4.65. The zero-order valence-electron chi connectivity index (χ0n) is 16.3. The zero-order valence-corrected chi connectivity index (χ0v) is 16.3. The predicted molar refractivity (Wildman–Crippen MR) is 109 cm³/mol. The van der Waals surface area contributed by atoms with Gasteiger partial charge in [-0.3, -0.25) is 4.79 Å². The van der Waals surface area contributed by atoms with Gasteiger partial charge in [-0.25, -0.2) is 4.79 Å². The fourth-order valence-electron chi connectivity index (χ4n) is 3.45. The molecule has 7 heteroatoms. The molecule has 0 aliphatic carbocycles. The summed E-state index contributed by atoms with van der Waals surface area (Å²) in [4.78, 5) is 24.7. The molecule has 0 aromatic heterocycles. The number of carbonyl (C=O) groups is 2. The van der Waals surface area contributed by atoms with E-state index in [2.05, 4.69) is 5.32 Å². The van der Waals surface area contributed by atoms with Gasteiger partial charge >= 0.3 is 12.1 Å². The van der Waals surface area contributed by atoms with Gasteiger partial charge in [0.2, 0.25) is 5.91 Å². The average Bonchev–Trinajstić information content (AvgIpc) is 2.74. The standard InChI is InChI=1S/C24H20F3NO3/c25-24(26,27)19-13-7-8-16(14-19)15-20(29)28-22(23(30)31)21(17-9-3-1-4-10-17)18-11-5-2-6-12-18/h1-14,21-22H,15H2,(H,28,29)(H,30,31)/t22-/m1/s1. The highest BCUT2D eigenvalue weighted by molar-refractivity contribution is 5.86. The Kier molecular flexibility index (Phi) is 6.74. The van der Waals surface area contributed by atoms with Gasteiger partial charge in [-0.1, -0.05) is 78.9 Å². The third-order valence-corrected chi connectivity index (χ3v) is 4.85. The highest BCUT2D eigenvalue weighted by Crippen LogP contribution is 2.30. The molecule has 3 aromatic rings. The first-order chi connectivity index (χ1) is 14.8. The number of hydrogen-bond acceptors (Lipinski definition) is 2. The van der Waals surface area contributed by atoms with Crippen LogP contribution in [-0.4, -0.2) is 23.0 Å². The normalized spacial score (nSPS) is 12.4. The van der Waals surface area contributed by atoms with E-state index in [1.54, 1.807) is 60.7 Å². The molecular weight excluding hydrogens is 407 g/mol. The highest BCUT2D eigenvalue weighted by atomic mass is 19.4. The second kappa shape index (κ2) is 9.47. The molecule has 0 spiro atoms. The van der Waals surface area contributed by atoms with Crippen LogP contribution in [0, 0.1) is 0 Å². The summed E-state index contributed by atoms with van der Waals surface area (Å²) in [5.74, 6) is -2.59. The van der Waals surface area contributed by atoms with Gasteiger partial charge in [0.05, 0.1) is 12.0 Å². The molecule has 0 radical (unpaired) electrons. The smallest absolute Gasteiger partial charge is 0.416 e. The number of amides is 1. The third kappa shape index (κ3) is 5.72. The van der Waals surface area contributed by atoms with Crippen molar-refractivity contribution in [3.8, 4) is 0 Å². The Morgan fingerprint density at radius 1 is 0.839 bits per heavy atom. The lowest BCUT2D eigenvalue weighted by Crippen LogP contribution is -2.46. The summed E-state index contributed by atoms with van der Waals surface area (Å²) in [6, 6.07) is 20.9. The maximum absolute atomic E-state index is 12.9. The van der Waals surface area contributed by atoms with E-state index < -0.39 is 35.6 Å². The zero-order chi connectivity index (χ0) is 22.4. The fourth-order valence-corrected chi connectivity index (χ4v) is 3.45. The highest BCUT2D eigenvalue weighted by Gasteiger charge is 2.33. The van der Waals surface area contributed by atoms with Gasteiger partial charge in [0.15, 0.2) is 0 Å². The van der Waals surface area contributed by atoms with Gasteiger partial charge in [0.25, 0.3) is 0 Å². The minimum atomic E-state index is -4.53. The van der Waals surface area contributed by atoms with Gasteiger partial charge in [-0.15, -0.1) is 0 Å². The molecule has 1 amide bonds. The van der Waals surface area contributed by atoms with Crippen LogP contribution in [0.25, 0.3) is 0 Å². The Labute approximate surface area is 177 Å². The molecule has 4 nitrogen and oxygen atoms in total. The Morgan fingerprint density at radius 2 is 1.39 bits per heavy atom. The van der Waals surface area contributed by atoms with Gasteiger partial charge in [0, 0.05) is 5.92 Å². The molecule has 31 heavy (non-hydrogen) atoms. The summed E-state index contributed by atoms with van der Waals surface area (Å²) >= 11 is 0. The van der Waals surface area contributed by atoms with Crippen LogP contribution in [0.15, 0.2) is 84.9 Å². The van der Waals surface area contributed by atoms with Crippen molar-refractivity contribution in [2.24, 2.45) is 0 Å². The summed E-state index contributed by atoms with van der Waals surface area (Å²) in [6.45, 7) is 0. The molecule has 0 aliphatic rings. The molecule has 3 rings (SSSR count). The maximum Gasteiger partial charge on any atom is 0.416 e. The molecular formula is C24H20F3NO3. The molecule has 0 heterocycles. The summed E-state index contributed by atoms with van der Waals surface area (Å²) in [5.41, 5.74) is 0.674. The number of carboxylic acid groups (broad SMARTS) is 1. The van der Waals surface area contributed by atoms with Crippen LogP contribution in [-0.2, 0) is 22.2 Å². The second-order valence-electron chi connectivity index (χ2n) is 7.06. The average molecular weight is 427 g/mol. The number of benzene rings is 3. The number of carbonyl (C=O) groups excluding carboxylic acids is 1. The van der Waals surface area contributed by atoms with Crippen LogP contribution in [0.2, 0.25) is 0 Å². The molecule has 0 bridgehead atoms. The molecule has 0 fully saturated rings. The maximum atomic E-state index is 12.9. The number of alkyl halides is 3. The topological polar surface area (TPSA) is 66.4 Å². The summed E-state index contributed by atoms with van der Waals surface area (Å²) in [5, 5.41) is 12.4. The largest absolute Gasteiger partial charge is 0.480 e. The Bertz CT molecular complexity index is 997. The van der Waals surface area contributed by atoms with Crippen LogP contribution in [0.1, 0.15) is 28.2 Å². The Hall–Kier alpha value is -3.61. The van der Waals surface area contributed by atoms with Crippen LogP contribution in [0.4, 0.5) is 13.2 Å². The third-order valence-electron chi connectivity index (χ3n) is 4.85. The van der Waals surface area contributed by atoms with Gasteiger partial charge < -0.3 is 10.4 Å². The minimum absolute atomic E-state index is 0.146. The first-order valence-corrected chi connectivity index (χ1v) is 9.54. The van der Waals surface area contributed by atoms with Gasteiger partial charge in [0.1, 0.15) is 6.04 Å². The van der Waals surface area contributed by atoms with Crippen LogP contribution in [0.5, 0.6) is 0 Å². The fraction of sp³-hybridized carbons (Fsp3) is 0.167. The molecule has 0 saturated heterocycles. The van der Waals surface area contributed by atoms with Gasteiger partial charge in [-0.05, 0) is 22.8 Å². The Morgan fingerprint density at radius 3 is 1.87 bits per heavy atom. The molecule has 0 unspecified atom stereocenters. The lowest BCUT2D eigenvalue weighted by molar-refractivity contribution is -0.142. The van der Waals surface area contributed by atoms with Crippen LogP contribution >= 0.6 is 0 Å². The first kappa shape index (κ1) is 22.1. The number of aliphatic carboxylic acids is 1. The summed E-state index contributed by atoms with van der Waals surface area (Å²) in [7, 11) is 0. The number of rotatable bonds is 7. The van der Waals surface area contributed by atoms with Crippen molar-refractivity contribution in [2.75, 3.05) is 0 Å². The second-order valence-corrected chi connectivity index (χ2v) is 7.06. The van der Waals surface area contributed by atoms with E-state index in [0.29, 0.717) is 11.1 Å². The van der Waals surface area contributed by atoms with Gasteiger partial charge in [-0.2, -0.15) is 13.2 Å². The number of carboxylic acids is 1. The van der Waals surface area contributed by atoms with E-state index in [-0.39, 0.29) is 12.0 Å². The lowest BCUT2D eigenvalue weighted by atomic mass is 9.85. The number of nitrogens with one attached hydrogen (secondary N) is 1. The molecule has 3 aromatic carbocycles. The van der Waals surface area contributed by atoms with Crippen molar-refractivity contribution >= 4 is 11.9 Å². The number of halogens is 3. The molecule has 1 atom stereocenters. The van der Waals surface area contributed by atoms with E-state index in [9.17, 15) is 27.9 Å². The van der Waals surface area contributed by atoms with Crippen molar-refractivity contribution in [2.45, 2.75) is 24.6 Å². The van der Waals surface area contributed by atoms with Crippen molar-refractivity contribution < 1.29 is 27.9 Å². The SMILES string of the molecule is O=C(Cc1cccc(C(F)(F)F)c1)N[C@@H](C(=O)O)C(c1ccccc1)c1ccccc1. The van der Waals surface area contributed by atoms with E-state index in [0.717, 1.165) is 12.1 Å². The van der Waals surface area contributed by atoms with E-state index in [4.69, 9.17) is 0 Å². The van der Waals surface area contributed by atoms with E-state index in [1.807, 2.05) is 0 Å². The first-order valence-electron chi connectivity index (χ1n) is 9.54. The summed E-state index contributed by atoms with van der Waals surface area (Å²) < 4.78 is 38.8. The lowest BCUT2D eigenvalue weighted by Gasteiger charge is -2.26. The van der Waals surface area contributed by atoms with Crippen LogP contribution < -0.4 is 5.32 Å². The molecule has 2 N–H and O–H groups in total. The Balaban J connectivity index is 1.87. The molecule has 0 aliphatic heterocycles. The van der Waals surface area contributed by atoms with Crippen LogP contribution in [0.3, 0.4) is 0 Å². The van der Waals surface area contributed by atoms with E-state index in [1.165, 1.54) is 12.1 Å².